The lowest BCUT2D eigenvalue weighted by Crippen LogP contribution is -2.40. The Morgan fingerprint density at radius 2 is 1.88 bits per heavy atom. The number of hydrogen-bond donors (Lipinski definition) is 1. The van der Waals surface area contributed by atoms with Crippen molar-refractivity contribution in [2.45, 2.75) is 45.6 Å². The number of hydrogen-bond acceptors (Lipinski definition) is 1. The van der Waals surface area contributed by atoms with Gasteiger partial charge < -0.3 is 5.32 Å². The molecule has 0 aromatic heterocycles. The van der Waals surface area contributed by atoms with Crippen LogP contribution < -0.4 is 5.32 Å². The van der Waals surface area contributed by atoms with Gasteiger partial charge in [-0.15, -0.1) is 0 Å². The Balaban J connectivity index is 2.29. The Hall–Kier alpha value is -0.820. The van der Waals surface area contributed by atoms with Crippen LogP contribution in [0.5, 0.6) is 0 Å². The third-order valence-corrected chi connectivity index (χ3v) is 3.40. The van der Waals surface area contributed by atoms with Crippen molar-refractivity contribution >= 4 is 0 Å². The van der Waals surface area contributed by atoms with Crippen molar-refractivity contribution in [3.05, 3.63) is 35.9 Å². The van der Waals surface area contributed by atoms with Crippen LogP contribution in [0.2, 0.25) is 0 Å². The third kappa shape index (κ3) is 2.46. The molecule has 1 fully saturated rings. The molecule has 0 radical (unpaired) electrons. The van der Waals surface area contributed by atoms with Gasteiger partial charge in [-0.1, -0.05) is 51.1 Å². The quantitative estimate of drug-likeness (QED) is 0.796. The van der Waals surface area contributed by atoms with Gasteiger partial charge in [0.05, 0.1) is 0 Å². The van der Waals surface area contributed by atoms with Crippen LogP contribution in [0.15, 0.2) is 30.3 Å². The molecule has 88 valence electrons. The molecule has 1 atom stereocenters. The first-order chi connectivity index (χ1) is 7.52. The van der Waals surface area contributed by atoms with E-state index in [0.29, 0.717) is 5.41 Å². The summed E-state index contributed by atoms with van der Waals surface area (Å²) in [4.78, 5) is 0. The summed E-state index contributed by atoms with van der Waals surface area (Å²) in [6, 6.07) is 10.9. The van der Waals surface area contributed by atoms with Crippen molar-refractivity contribution in [2.75, 3.05) is 6.54 Å². The average molecular weight is 217 g/mol. The van der Waals surface area contributed by atoms with E-state index in [-0.39, 0.29) is 5.54 Å². The fraction of sp³-hybridized carbons (Fsp3) is 0.600. The maximum Gasteiger partial charge on any atom is 0.0440 e. The Kier molecular flexibility index (Phi) is 3.07. The van der Waals surface area contributed by atoms with E-state index in [1.54, 1.807) is 0 Å². The summed E-state index contributed by atoms with van der Waals surface area (Å²) in [5.41, 5.74) is 2.05. The Morgan fingerprint density at radius 3 is 2.38 bits per heavy atom. The van der Waals surface area contributed by atoms with Crippen LogP contribution in [0.25, 0.3) is 0 Å². The molecule has 0 aliphatic carbocycles. The minimum absolute atomic E-state index is 0.222. The molecule has 0 spiro atoms. The summed E-state index contributed by atoms with van der Waals surface area (Å²) in [5, 5.41) is 3.74. The van der Waals surface area contributed by atoms with E-state index < -0.39 is 0 Å². The van der Waals surface area contributed by atoms with Gasteiger partial charge in [-0.2, -0.15) is 0 Å². The van der Waals surface area contributed by atoms with Crippen LogP contribution in [0.1, 0.15) is 45.6 Å². The molecule has 2 rings (SSSR count). The zero-order chi connectivity index (χ0) is 11.6. The molecule has 1 unspecified atom stereocenters. The monoisotopic (exact) mass is 217 g/mol. The van der Waals surface area contributed by atoms with Gasteiger partial charge >= 0.3 is 0 Å². The van der Waals surface area contributed by atoms with Crippen LogP contribution >= 0.6 is 0 Å². The molecule has 16 heavy (non-hydrogen) atoms. The molecule has 1 heterocycles. The van der Waals surface area contributed by atoms with Crippen LogP contribution in [0.3, 0.4) is 0 Å². The summed E-state index contributed by atoms with van der Waals surface area (Å²) < 4.78 is 0. The molecule has 0 amide bonds. The predicted molar refractivity (Wildman–Crippen MR) is 69.4 cm³/mol. The third-order valence-electron chi connectivity index (χ3n) is 3.40. The summed E-state index contributed by atoms with van der Waals surface area (Å²) in [6.07, 6.45) is 3.78. The van der Waals surface area contributed by atoms with Crippen molar-refractivity contribution in [1.82, 2.24) is 5.32 Å². The first kappa shape index (κ1) is 11.7. The van der Waals surface area contributed by atoms with E-state index in [0.717, 1.165) is 6.54 Å². The molecule has 1 N–H and O–H groups in total. The van der Waals surface area contributed by atoms with Crippen LogP contribution in [0, 0.1) is 5.41 Å². The lowest BCUT2D eigenvalue weighted by molar-refractivity contribution is 0.232. The van der Waals surface area contributed by atoms with Crippen molar-refractivity contribution in [3.8, 4) is 0 Å². The fourth-order valence-corrected chi connectivity index (χ4v) is 2.97. The van der Waals surface area contributed by atoms with Crippen LogP contribution in [-0.4, -0.2) is 6.54 Å². The van der Waals surface area contributed by atoms with Gasteiger partial charge in [0.2, 0.25) is 0 Å². The van der Waals surface area contributed by atoms with E-state index in [4.69, 9.17) is 0 Å². The molecule has 1 aromatic carbocycles. The normalized spacial score (nSPS) is 25.9. The van der Waals surface area contributed by atoms with E-state index in [1.165, 1.54) is 24.8 Å². The van der Waals surface area contributed by atoms with Gasteiger partial charge in [-0.05, 0) is 36.8 Å². The molecule has 0 saturated carbocycles. The lowest BCUT2D eigenvalue weighted by Gasteiger charge is -2.36. The fourth-order valence-electron chi connectivity index (χ4n) is 2.97. The van der Waals surface area contributed by atoms with Crippen molar-refractivity contribution in [3.63, 3.8) is 0 Å². The second kappa shape index (κ2) is 4.21. The van der Waals surface area contributed by atoms with E-state index in [2.05, 4.69) is 56.4 Å². The lowest BCUT2D eigenvalue weighted by atomic mass is 9.75. The molecular weight excluding hydrogens is 194 g/mol. The largest absolute Gasteiger partial charge is 0.307 e. The molecule has 1 nitrogen and oxygen atoms in total. The summed E-state index contributed by atoms with van der Waals surface area (Å²) in [7, 11) is 0. The molecule has 1 saturated heterocycles. The van der Waals surface area contributed by atoms with Gasteiger partial charge in [0.1, 0.15) is 0 Å². The first-order valence-electron chi connectivity index (χ1n) is 6.32. The zero-order valence-corrected chi connectivity index (χ0v) is 10.7. The summed E-state index contributed by atoms with van der Waals surface area (Å²) >= 11 is 0. The summed E-state index contributed by atoms with van der Waals surface area (Å²) in [6.45, 7) is 8.15. The molecule has 0 bridgehead atoms. The van der Waals surface area contributed by atoms with E-state index >= 15 is 0 Å². The minimum atomic E-state index is 0.222. The van der Waals surface area contributed by atoms with Crippen molar-refractivity contribution in [2.24, 2.45) is 5.41 Å². The molecule has 1 aliphatic rings. The highest BCUT2D eigenvalue weighted by Crippen LogP contribution is 2.40. The first-order valence-corrected chi connectivity index (χ1v) is 6.32. The van der Waals surface area contributed by atoms with Crippen molar-refractivity contribution in [1.29, 1.82) is 0 Å². The number of nitrogens with one attached hydrogen (secondary N) is 1. The minimum Gasteiger partial charge on any atom is -0.307 e. The topological polar surface area (TPSA) is 12.0 Å². The molecule has 1 heteroatoms. The van der Waals surface area contributed by atoms with Gasteiger partial charge in [-0.3, -0.25) is 0 Å². The van der Waals surface area contributed by atoms with Crippen LogP contribution in [0.4, 0.5) is 0 Å². The Labute approximate surface area is 99.3 Å². The molecular formula is C15H23N. The standard InChI is InChI=1S/C15H23N/c1-14(2,3)12-15(10-7-11-16-15)13-8-5-4-6-9-13/h4-6,8-9,16H,7,10-12H2,1-3H3. The number of rotatable bonds is 2. The van der Waals surface area contributed by atoms with E-state index in [9.17, 15) is 0 Å². The van der Waals surface area contributed by atoms with E-state index in [1.807, 2.05) is 0 Å². The van der Waals surface area contributed by atoms with Gasteiger partial charge in [-0.25, -0.2) is 0 Å². The van der Waals surface area contributed by atoms with Crippen LogP contribution in [-0.2, 0) is 5.54 Å². The highest BCUT2D eigenvalue weighted by atomic mass is 15.0. The predicted octanol–water partition coefficient (Wildman–Crippen LogP) is 3.70. The average Bonchev–Trinajstić information content (AvgIpc) is 2.66. The maximum absolute atomic E-state index is 3.74. The zero-order valence-electron chi connectivity index (χ0n) is 10.7. The smallest absolute Gasteiger partial charge is 0.0440 e. The second-order valence-electron chi connectivity index (χ2n) is 6.22. The van der Waals surface area contributed by atoms with Gasteiger partial charge in [0, 0.05) is 5.54 Å². The highest BCUT2D eigenvalue weighted by molar-refractivity contribution is 5.26. The highest BCUT2D eigenvalue weighted by Gasteiger charge is 2.38. The van der Waals surface area contributed by atoms with Gasteiger partial charge in [0.15, 0.2) is 0 Å². The molecule has 1 aliphatic heterocycles. The SMILES string of the molecule is CC(C)(C)CC1(c2ccccc2)CCCN1. The van der Waals surface area contributed by atoms with Crippen molar-refractivity contribution < 1.29 is 0 Å². The summed E-state index contributed by atoms with van der Waals surface area (Å²) in [5.74, 6) is 0. The Bertz CT molecular complexity index is 328. The van der Waals surface area contributed by atoms with Gasteiger partial charge in [0.25, 0.3) is 0 Å². The number of benzene rings is 1. The molecule has 1 aromatic rings. The Morgan fingerprint density at radius 1 is 1.19 bits per heavy atom. The maximum atomic E-state index is 3.74. The second-order valence-corrected chi connectivity index (χ2v) is 6.22.